The van der Waals surface area contributed by atoms with E-state index in [1.165, 1.54) is 12.1 Å². The van der Waals surface area contributed by atoms with E-state index in [1.54, 1.807) is 0 Å². The van der Waals surface area contributed by atoms with Crippen molar-refractivity contribution in [3.63, 3.8) is 0 Å². The smallest absolute Gasteiger partial charge is 0.276 e. The van der Waals surface area contributed by atoms with Gasteiger partial charge >= 0.3 is 0 Å². The predicted octanol–water partition coefficient (Wildman–Crippen LogP) is 2.29. The Balaban J connectivity index is 1.71. The largest absolute Gasteiger partial charge is 0.448 e. The second-order valence-electron chi connectivity index (χ2n) is 5.77. The van der Waals surface area contributed by atoms with Crippen LogP contribution in [0.5, 0.6) is 0 Å². The molecule has 1 fully saturated rings. The number of oxazole rings is 1. The lowest BCUT2D eigenvalue weighted by atomic mass is 10.2. The Kier molecular flexibility index (Phi) is 4.60. The number of hydrogen-bond acceptors (Lipinski definition) is 5. The molecule has 0 bridgehead atoms. The maximum atomic E-state index is 12.7. The van der Waals surface area contributed by atoms with Crippen molar-refractivity contribution in [2.75, 3.05) is 31.1 Å². The average Bonchev–Trinajstić information content (AvgIpc) is 2.91. The molecule has 3 rings (SSSR count). The van der Waals surface area contributed by atoms with Crippen molar-refractivity contribution < 1.29 is 9.21 Å². The second-order valence-corrected chi connectivity index (χ2v) is 5.77. The molecule has 1 aliphatic rings. The molecule has 0 aromatic carbocycles. The van der Waals surface area contributed by atoms with E-state index in [1.807, 2.05) is 30.3 Å². The Morgan fingerprint density at radius 1 is 1.30 bits per heavy atom. The van der Waals surface area contributed by atoms with Gasteiger partial charge in [-0.05, 0) is 25.0 Å². The fourth-order valence-corrected chi connectivity index (χ4v) is 3.03. The van der Waals surface area contributed by atoms with Gasteiger partial charge in [-0.15, -0.1) is 0 Å². The van der Waals surface area contributed by atoms with Crippen molar-refractivity contribution in [1.82, 2.24) is 14.9 Å². The summed E-state index contributed by atoms with van der Waals surface area (Å²) in [5.41, 5.74) is 2.82. The predicted molar refractivity (Wildman–Crippen MR) is 87.6 cm³/mol. The van der Waals surface area contributed by atoms with Crippen LogP contribution in [0.3, 0.4) is 0 Å². The number of amides is 1. The third-order valence-corrected chi connectivity index (χ3v) is 4.28. The average molecular weight is 314 g/mol. The summed E-state index contributed by atoms with van der Waals surface area (Å²) in [5.74, 6) is 0.644. The van der Waals surface area contributed by atoms with Crippen LogP contribution < -0.4 is 4.90 Å². The number of carbonyl (C=O) groups is 1. The molecule has 6 nitrogen and oxygen atoms in total. The van der Waals surface area contributed by atoms with Gasteiger partial charge < -0.3 is 14.2 Å². The molecule has 0 N–H and O–H groups in total. The first-order chi connectivity index (χ1) is 11.2. The summed E-state index contributed by atoms with van der Waals surface area (Å²) in [6.07, 6.45) is 6.67. The van der Waals surface area contributed by atoms with Crippen molar-refractivity contribution in [3.05, 3.63) is 41.9 Å². The van der Waals surface area contributed by atoms with Gasteiger partial charge in [-0.25, -0.2) is 4.98 Å². The molecule has 2 aromatic rings. The molecular weight excluding hydrogens is 292 g/mol. The fraction of sp³-hybridized carbons (Fsp3) is 0.471. The summed E-state index contributed by atoms with van der Waals surface area (Å²) in [4.78, 5) is 25.1. The van der Waals surface area contributed by atoms with Gasteiger partial charge in [0, 0.05) is 50.7 Å². The zero-order valence-corrected chi connectivity index (χ0v) is 13.7. The van der Waals surface area contributed by atoms with E-state index in [2.05, 4.69) is 21.8 Å². The van der Waals surface area contributed by atoms with E-state index in [4.69, 9.17) is 4.42 Å². The number of carbonyl (C=O) groups excluding carboxylic acids is 1. The van der Waals surface area contributed by atoms with Crippen molar-refractivity contribution in [2.45, 2.75) is 26.7 Å². The van der Waals surface area contributed by atoms with Crippen molar-refractivity contribution in [1.29, 1.82) is 0 Å². The number of hydrogen-bond donors (Lipinski definition) is 0. The molecule has 0 spiro atoms. The molecule has 1 saturated heterocycles. The minimum Gasteiger partial charge on any atom is -0.448 e. The Bertz CT molecular complexity index is 683. The molecular formula is C17H22N4O2. The van der Waals surface area contributed by atoms with Gasteiger partial charge in [0.25, 0.3) is 5.91 Å². The zero-order chi connectivity index (χ0) is 16.2. The number of rotatable bonds is 3. The maximum Gasteiger partial charge on any atom is 0.276 e. The maximum absolute atomic E-state index is 12.7. The molecule has 2 aromatic heterocycles. The highest BCUT2D eigenvalue weighted by Gasteiger charge is 2.24. The second kappa shape index (κ2) is 6.81. The number of nitrogens with zero attached hydrogens (tertiary/aromatic N) is 4. The van der Waals surface area contributed by atoms with Gasteiger partial charge in [0.05, 0.1) is 0 Å². The van der Waals surface area contributed by atoms with E-state index in [-0.39, 0.29) is 5.91 Å². The van der Waals surface area contributed by atoms with E-state index in [0.717, 1.165) is 31.6 Å². The summed E-state index contributed by atoms with van der Waals surface area (Å²) < 4.78 is 5.29. The normalized spacial score (nSPS) is 15.6. The molecule has 1 amide bonds. The monoisotopic (exact) mass is 314 g/mol. The van der Waals surface area contributed by atoms with Gasteiger partial charge in [0.15, 0.2) is 12.1 Å². The van der Waals surface area contributed by atoms with E-state index < -0.39 is 0 Å². The van der Waals surface area contributed by atoms with E-state index in [0.29, 0.717) is 24.4 Å². The molecule has 122 valence electrons. The molecule has 0 atom stereocenters. The lowest BCUT2D eigenvalue weighted by Gasteiger charge is -2.24. The molecule has 0 saturated carbocycles. The number of aryl methyl sites for hydroxylation is 2. The topological polar surface area (TPSA) is 62.5 Å². The highest BCUT2D eigenvalue weighted by atomic mass is 16.3. The number of aromatic nitrogens is 2. The Labute approximate surface area is 136 Å². The summed E-state index contributed by atoms with van der Waals surface area (Å²) in [6, 6.07) is 2.04. The zero-order valence-electron chi connectivity index (χ0n) is 13.7. The summed E-state index contributed by atoms with van der Waals surface area (Å²) >= 11 is 0. The Morgan fingerprint density at radius 2 is 2.17 bits per heavy atom. The van der Waals surface area contributed by atoms with Crippen LogP contribution in [0.25, 0.3) is 0 Å². The standard InChI is InChI=1S/C17H22N4O2/c1-3-15-16(19-12-23-15)17(22)21-8-4-7-20(9-10-21)14-5-6-18-11-13(14)2/h5-6,11-12H,3-4,7-10H2,1-2H3. The fourth-order valence-electron chi connectivity index (χ4n) is 3.03. The summed E-state index contributed by atoms with van der Waals surface area (Å²) in [5, 5.41) is 0. The molecule has 23 heavy (non-hydrogen) atoms. The first-order valence-corrected chi connectivity index (χ1v) is 8.08. The third kappa shape index (κ3) is 3.21. The van der Waals surface area contributed by atoms with Gasteiger partial charge in [-0.1, -0.05) is 6.92 Å². The van der Waals surface area contributed by atoms with Crippen LogP contribution in [0.15, 0.2) is 29.3 Å². The van der Waals surface area contributed by atoms with Crippen LogP contribution in [0.2, 0.25) is 0 Å². The Morgan fingerprint density at radius 3 is 2.96 bits per heavy atom. The van der Waals surface area contributed by atoms with Crippen molar-refractivity contribution >= 4 is 11.6 Å². The van der Waals surface area contributed by atoms with Crippen LogP contribution in [0.4, 0.5) is 5.69 Å². The van der Waals surface area contributed by atoms with E-state index >= 15 is 0 Å². The first kappa shape index (κ1) is 15.5. The van der Waals surface area contributed by atoms with Gasteiger partial charge in [-0.3, -0.25) is 9.78 Å². The minimum atomic E-state index is -0.0242. The van der Waals surface area contributed by atoms with Crippen LogP contribution >= 0.6 is 0 Å². The lowest BCUT2D eigenvalue weighted by Crippen LogP contribution is -2.36. The van der Waals surface area contributed by atoms with Crippen LogP contribution in [0.1, 0.15) is 35.2 Å². The first-order valence-electron chi connectivity index (χ1n) is 8.08. The molecule has 6 heteroatoms. The van der Waals surface area contributed by atoms with E-state index in [9.17, 15) is 4.79 Å². The highest BCUT2D eigenvalue weighted by Crippen LogP contribution is 2.21. The number of anilines is 1. The van der Waals surface area contributed by atoms with Crippen molar-refractivity contribution in [2.24, 2.45) is 0 Å². The highest BCUT2D eigenvalue weighted by molar-refractivity contribution is 5.93. The van der Waals surface area contributed by atoms with Gasteiger partial charge in [0.1, 0.15) is 5.76 Å². The molecule has 0 unspecified atom stereocenters. The summed E-state index contributed by atoms with van der Waals surface area (Å²) in [7, 11) is 0. The van der Waals surface area contributed by atoms with Gasteiger partial charge in [-0.2, -0.15) is 0 Å². The summed E-state index contributed by atoms with van der Waals surface area (Å²) in [6.45, 7) is 7.23. The van der Waals surface area contributed by atoms with Crippen LogP contribution in [-0.4, -0.2) is 47.0 Å². The van der Waals surface area contributed by atoms with Crippen LogP contribution in [-0.2, 0) is 6.42 Å². The lowest BCUT2D eigenvalue weighted by molar-refractivity contribution is 0.0759. The quantitative estimate of drug-likeness (QED) is 0.870. The third-order valence-electron chi connectivity index (χ3n) is 4.28. The minimum absolute atomic E-state index is 0.0242. The SMILES string of the molecule is CCc1ocnc1C(=O)N1CCCN(c2ccncc2C)CC1. The van der Waals surface area contributed by atoms with Crippen LogP contribution in [0, 0.1) is 6.92 Å². The van der Waals surface area contributed by atoms with Gasteiger partial charge in [0.2, 0.25) is 0 Å². The molecule has 3 heterocycles. The Hall–Kier alpha value is -2.37. The molecule has 0 radical (unpaired) electrons. The molecule has 1 aliphatic heterocycles. The number of pyridine rings is 1. The molecule has 0 aliphatic carbocycles. The van der Waals surface area contributed by atoms with Crippen molar-refractivity contribution in [3.8, 4) is 0 Å².